The van der Waals surface area contributed by atoms with Crippen molar-refractivity contribution >= 4 is 5.97 Å². The average Bonchev–Trinajstić information content (AvgIpc) is 2.23. The summed E-state index contributed by atoms with van der Waals surface area (Å²) < 4.78 is 5.51. The van der Waals surface area contributed by atoms with Crippen molar-refractivity contribution in [3.8, 4) is 0 Å². The molecule has 8 nitrogen and oxygen atoms in total. The molecule has 17 heavy (non-hydrogen) atoms. The topological polar surface area (TPSA) is 114 Å². The maximum atomic E-state index is 11.3. The van der Waals surface area contributed by atoms with Crippen LogP contribution in [0.15, 0.2) is 27.0 Å². The molecule has 0 amide bonds. The number of nitrogens with one attached hydrogen (secondary N) is 2. The molecule has 0 aliphatic heterocycles. The summed E-state index contributed by atoms with van der Waals surface area (Å²) in [5.74, 6) is -0.661. The molecule has 0 aliphatic rings. The number of carbonyl (C=O) groups is 1. The van der Waals surface area contributed by atoms with Crippen LogP contribution in [0.2, 0.25) is 0 Å². The molecule has 1 unspecified atom stereocenters. The van der Waals surface area contributed by atoms with Crippen LogP contribution in [-0.2, 0) is 16.1 Å². The minimum atomic E-state index is -0.882. The Morgan fingerprint density at radius 3 is 2.41 bits per heavy atom. The van der Waals surface area contributed by atoms with E-state index in [1.54, 1.807) is 0 Å². The fourth-order valence-electron chi connectivity index (χ4n) is 1.16. The first-order valence-electron chi connectivity index (χ1n) is 4.70. The summed E-state index contributed by atoms with van der Waals surface area (Å²) >= 11 is 0. The summed E-state index contributed by atoms with van der Waals surface area (Å²) in [6, 6.07) is 0. The second-order valence-corrected chi connectivity index (χ2v) is 3.25. The molecule has 0 radical (unpaired) electrons. The number of nitrogens with zero attached hydrogens (tertiary/aromatic N) is 1. The average molecular weight is 241 g/mol. The van der Waals surface area contributed by atoms with E-state index in [9.17, 15) is 19.2 Å². The molecule has 1 rings (SSSR count). The maximum absolute atomic E-state index is 11.3. The van der Waals surface area contributed by atoms with Gasteiger partial charge in [0, 0.05) is 6.08 Å². The Labute approximate surface area is 94.6 Å². The SMILES string of the molecule is C=CC(=O)OC(C)Cn1c(=O)[nH]c(=O)[nH]c1=O. The maximum Gasteiger partial charge on any atom is 0.333 e. The highest BCUT2D eigenvalue weighted by Crippen LogP contribution is 1.93. The quantitative estimate of drug-likeness (QED) is 0.484. The number of H-pyrrole nitrogens is 2. The molecule has 0 bridgehead atoms. The van der Waals surface area contributed by atoms with Crippen molar-refractivity contribution in [3.05, 3.63) is 44.1 Å². The first kappa shape index (κ1) is 12.7. The molecule has 2 N–H and O–H groups in total. The fourth-order valence-corrected chi connectivity index (χ4v) is 1.16. The number of esters is 1. The van der Waals surface area contributed by atoms with E-state index in [0.29, 0.717) is 0 Å². The lowest BCUT2D eigenvalue weighted by atomic mass is 10.4. The van der Waals surface area contributed by atoms with Crippen molar-refractivity contribution in [2.75, 3.05) is 0 Å². The standard InChI is InChI=1S/C9H11N3O5/c1-3-6(13)17-5(2)4-12-8(15)10-7(14)11-9(12)16/h3,5H,1,4H2,2H3,(H2,10,11,14,15,16). The van der Waals surface area contributed by atoms with Crippen LogP contribution in [0.25, 0.3) is 0 Å². The first-order chi connectivity index (χ1) is 7.93. The van der Waals surface area contributed by atoms with E-state index in [2.05, 4.69) is 6.58 Å². The zero-order valence-electron chi connectivity index (χ0n) is 9.06. The lowest BCUT2D eigenvalue weighted by Gasteiger charge is -2.11. The van der Waals surface area contributed by atoms with Crippen LogP contribution in [0.3, 0.4) is 0 Å². The van der Waals surface area contributed by atoms with E-state index in [4.69, 9.17) is 4.74 Å². The summed E-state index contributed by atoms with van der Waals surface area (Å²) in [5, 5.41) is 0. The van der Waals surface area contributed by atoms with E-state index in [0.717, 1.165) is 10.6 Å². The first-order valence-corrected chi connectivity index (χ1v) is 4.70. The normalized spacial score (nSPS) is 11.8. The molecule has 0 spiro atoms. The van der Waals surface area contributed by atoms with Crippen molar-refractivity contribution in [2.45, 2.75) is 19.6 Å². The number of hydrogen-bond acceptors (Lipinski definition) is 5. The van der Waals surface area contributed by atoms with Crippen LogP contribution in [0.1, 0.15) is 6.92 Å². The predicted molar refractivity (Wildman–Crippen MR) is 57.7 cm³/mol. The Bertz CT molecular complexity index is 559. The number of aromatic nitrogens is 3. The molecule has 0 aromatic carbocycles. The van der Waals surface area contributed by atoms with Gasteiger partial charge in [-0.05, 0) is 6.92 Å². The zero-order valence-corrected chi connectivity index (χ0v) is 9.06. The van der Waals surface area contributed by atoms with Gasteiger partial charge in [-0.25, -0.2) is 23.7 Å². The molecule has 1 aromatic rings. The van der Waals surface area contributed by atoms with Gasteiger partial charge < -0.3 is 4.74 Å². The van der Waals surface area contributed by atoms with Gasteiger partial charge in [-0.1, -0.05) is 6.58 Å². The Balaban J connectivity index is 2.93. The molecule has 1 atom stereocenters. The Morgan fingerprint density at radius 2 is 1.94 bits per heavy atom. The summed E-state index contributed by atoms with van der Waals surface area (Å²) in [7, 11) is 0. The van der Waals surface area contributed by atoms with Crippen LogP contribution in [0.4, 0.5) is 0 Å². The van der Waals surface area contributed by atoms with E-state index in [-0.39, 0.29) is 6.54 Å². The number of hydrogen-bond donors (Lipinski definition) is 2. The van der Waals surface area contributed by atoms with Gasteiger partial charge in [0.2, 0.25) is 0 Å². The molecule has 1 heterocycles. The summed E-state index contributed by atoms with van der Waals surface area (Å²) in [5.41, 5.74) is -2.60. The molecule has 1 aromatic heterocycles. The summed E-state index contributed by atoms with van der Waals surface area (Å²) in [4.78, 5) is 47.9. The van der Waals surface area contributed by atoms with Crippen molar-refractivity contribution in [1.29, 1.82) is 0 Å². The Morgan fingerprint density at radius 1 is 1.41 bits per heavy atom. The predicted octanol–water partition coefficient (Wildman–Crippen LogP) is -1.66. The number of aromatic amines is 2. The molecule has 0 fully saturated rings. The number of rotatable bonds is 4. The highest BCUT2D eigenvalue weighted by Gasteiger charge is 2.11. The van der Waals surface area contributed by atoms with Crippen molar-refractivity contribution in [1.82, 2.24) is 14.5 Å². The fraction of sp³-hybridized carbons (Fsp3) is 0.333. The van der Waals surface area contributed by atoms with Crippen LogP contribution < -0.4 is 17.1 Å². The van der Waals surface area contributed by atoms with Crippen LogP contribution in [-0.4, -0.2) is 26.6 Å². The van der Waals surface area contributed by atoms with Crippen LogP contribution in [0, 0.1) is 0 Å². The minimum absolute atomic E-state index is 0.162. The third-order valence-corrected chi connectivity index (χ3v) is 1.85. The summed E-state index contributed by atoms with van der Waals surface area (Å²) in [6.45, 7) is 4.55. The smallest absolute Gasteiger partial charge is 0.333 e. The third kappa shape index (κ3) is 3.30. The van der Waals surface area contributed by atoms with E-state index in [1.165, 1.54) is 6.92 Å². The van der Waals surface area contributed by atoms with Crippen molar-refractivity contribution in [3.63, 3.8) is 0 Å². The summed E-state index contributed by atoms with van der Waals surface area (Å²) in [6.07, 6.45) is 0.265. The van der Waals surface area contributed by atoms with Gasteiger partial charge in [0.25, 0.3) is 0 Å². The monoisotopic (exact) mass is 241 g/mol. The van der Waals surface area contributed by atoms with Gasteiger partial charge in [0.1, 0.15) is 6.10 Å². The molecular weight excluding hydrogens is 230 g/mol. The van der Waals surface area contributed by atoms with Crippen molar-refractivity contribution < 1.29 is 9.53 Å². The molecule has 92 valence electrons. The highest BCUT2D eigenvalue weighted by molar-refractivity contribution is 5.81. The van der Waals surface area contributed by atoms with Crippen LogP contribution >= 0.6 is 0 Å². The van der Waals surface area contributed by atoms with Gasteiger partial charge in [-0.2, -0.15) is 0 Å². The van der Waals surface area contributed by atoms with Crippen LogP contribution in [0.5, 0.6) is 0 Å². The number of ether oxygens (including phenoxy) is 1. The second-order valence-electron chi connectivity index (χ2n) is 3.25. The van der Waals surface area contributed by atoms with E-state index >= 15 is 0 Å². The minimum Gasteiger partial charge on any atom is -0.458 e. The Hall–Kier alpha value is -2.38. The van der Waals surface area contributed by atoms with Gasteiger partial charge in [0.15, 0.2) is 0 Å². The highest BCUT2D eigenvalue weighted by atomic mass is 16.5. The van der Waals surface area contributed by atoms with Crippen molar-refractivity contribution in [2.24, 2.45) is 0 Å². The zero-order chi connectivity index (χ0) is 13.0. The van der Waals surface area contributed by atoms with Gasteiger partial charge in [-0.3, -0.25) is 9.97 Å². The van der Waals surface area contributed by atoms with E-state index < -0.39 is 29.1 Å². The van der Waals surface area contributed by atoms with Gasteiger partial charge in [0.05, 0.1) is 6.54 Å². The largest absolute Gasteiger partial charge is 0.458 e. The van der Waals surface area contributed by atoms with E-state index in [1.807, 2.05) is 9.97 Å². The van der Waals surface area contributed by atoms with Gasteiger partial charge in [-0.15, -0.1) is 0 Å². The lowest BCUT2D eigenvalue weighted by molar-refractivity contribution is -0.142. The number of carbonyl (C=O) groups excluding carboxylic acids is 1. The second kappa shape index (κ2) is 5.10. The van der Waals surface area contributed by atoms with Gasteiger partial charge >= 0.3 is 23.0 Å². The third-order valence-electron chi connectivity index (χ3n) is 1.85. The molecular formula is C9H11N3O5. The molecule has 0 aliphatic carbocycles. The molecule has 0 saturated carbocycles. The Kier molecular flexibility index (Phi) is 3.81. The molecule has 0 saturated heterocycles. The lowest BCUT2D eigenvalue weighted by Crippen LogP contribution is -2.45. The molecule has 8 heteroatoms.